The van der Waals surface area contributed by atoms with E-state index in [0.29, 0.717) is 12.8 Å². The number of carbonyl (C=O) groups is 2. The number of unbranched alkanes of at least 4 members (excludes halogenated alkanes) is 19. The molecule has 0 aromatic rings. The van der Waals surface area contributed by atoms with Crippen LogP contribution in [0.3, 0.4) is 0 Å². The van der Waals surface area contributed by atoms with Crippen LogP contribution in [0, 0.1) is 0 Å². The molecule has 0 bridgehead atoms. The first kappa shape index (κ1) is 50.9. The molecule has 1 rings (SSSR count). The van der Waals surface area contributed by atoms with E-state index in [-0.39, 0.29) is 32.0 Å². The Morgan fingerprint density at radius 1 is 0.564 bits per heavy atom. The van der Waals surface area contributed by atoms with E-state index in [1.54, 1.807) is 0 Å². The van der Waals surface area contributed by atoms with Gasteiger partial charge in [0.25, 0.3) is 0 Å². The highest BCUT2D eigenvalue weighted by Gasteiger charge is 2.44. The van der Waals surface area contributed by atoms with E-state index in [1.165, 1.54) is 70.6 Å². The van der Waals surface area contributed by atoms with Crippen molar-refractivity contribution in [2.24, 2.45) is 0 Å². The quantitative estimate of drug-likeness (QED) is 0.0275. The zero-order chi connectivity index (χ0) is 40.2. The van der Waals surface area contributed by atoms with Crippen LogP contribution in [-0.2, 0) is 28.5 Å². The normalized spacial score (nSPS) is 20.9. The van der Waals surface area contributed by atoms with Gasteiger partial charge in [0.1, 0.15) is 31.0 Å². The zero-order valence-corrected chi connectivity index (χ0v) is 34.7. The van der Waals surface area contributed by atoms with Gasteiger partial charge < -0.3 is 39.4 Å². The largest absolute Gasteiger partial charge is 0.462 e. The van der Waals surface area contributed by atoms with Crippen LogP contribution in [0.1, 0.15) is 181 Å². The molecule has 1 aliphatic rings. The Morgan fingerprint density at radius 3 is 1.58 bits per heavy atom. The van der Waals surface area contributed by atoms with Crippen molar-refractivity contribution >= 4 is 11.9 Å². The average Bonchev–Trinajstić information content (AvgIpc) is 3.18. The molecule has 1 aliphatic heterocycles. The number of ether oxygens (including phenoxy) is 4. The topological polar surface area (TPSA) is 152 Å². The van der Waals surface area contributed by atoms with Gasteiger partial charge in [0.05, 0.1) is 13.2 Å². The molecule has 0 saturated carbocycles. The number of aliphatic hydroxyl groups excluding tert-OH is 4. The molecule has 1 saturated heterocycles. The maximum atomic E-state index is 12.8. The Bertz CT molecular complexity index is 996. The Kier molecular flexibility index (Phi) is 33.6. The third-order valence-corrected chi connectivity index (χ3v) is 10.00. The molecule has 0 aromatic heterocycles. The maximum Gasteiger partial charge on any atom is 0.306 e. The summed E-state index contributed by atoms with van der Waals surface area (Å²) in [5.74, 6) is -0.822. The minimum absolute atomic E-state index is 0.223. The van der Waals surface area contributed by atoms with Crippen molar-refractivity contribution in [1.29, 1.82) is 0 Å². The average molecular weight is 781 g/mol. The predicted molar refractivity (Wildman–Crippen MR) is 219 cm³/mol. The summed E-state index contributed by atoms with van der Waals surface area (Å²) in [5, 5.41) is 40.0. The van der Waals surface area contributed by atoms with Crippen LogP contribution in [0.2, 0.25) is 0 Å². The van der Waals surface area contributed by atoms with Crippen LogP contribution < -0.4 is 0 Å². The fourth-order valence-corrected chi connectivity index (χ4v) is 6.43. The van der Waals surface area contributed by atoms with E-state index in [1.807, 2.05) is 0 Å². The first-order valence-corrected chi connectivity index (χ1v) is 22.1. The van der Waals surface area contributed by atoms with Gasteiger partial charge in [-0.1, -0.05) is 140 Å². The highest BCUT2D eigenvalue weighted by molar-refractivity contribution is 5.70. The monoisotopic (exact) mass is 781 g/mol. The molecule has 0 spiro atoms. The van der Waals surface area contributed by atoms with Crippen molar-refractivity contribution in [3.63, 3.8) is 0 Å². The maximum absolute atomic E-state index is 12.8. The highest BCUT2D eigenvalue weighted by atomic mass is 16.7. The van der Waals surface area contributed by atoms with E-state index < -0.39 is 49.4 Å². The molecule has 0 amide bonds. The van der Waals surface area contributed by atoms with Crippen molar-refractivity contribution in [2.75, 3.05) is 19.8 Å². The van der Waals surface area contributed by atoms with Gasteiger partial charge in [-0.05, 0) is 64.2 Å². The first-order chi connectivity index (χ1) is 26.8. The summed E-state index contributed by atoms with van der Waals surface area (Å²) in [6.07, 6.45) is 32.9. The van der Waals surface area contributed by atoms with Gasteiger partial charge in [0.2, 0.25) is 0 Å². The smallest absolute Gasteiger partial charge is 0.306 e. The predicted octanol–water partition coefficient (Wildman–Crippen LogP) is 9.11. The molecular formula is C45H80O10. The fourth-order valence-electron chi connectivity index (χ4n) is 6.43. The van der Waals surface area contributed by atoms with Crippen LogP contribution in [0.4, 0.5) is 0 Å². The van der Waals surface area contributed by atoms with Gasteiger partial charge in [-0.15, -0.1) is 0 Å². The molecular weight excluding hydrogens is 700 g/mol. The van der Waals surface area contributed by atoms with E-state index in [2.05, 4.69) is 50.3 Å². The number of carbonyl (C=O) groups excluding carboxylic acids is 2. The molecule has 2 unspecified atom stereocenters. The first-order valence-electron chi connectivity index (χ1n) is 22.1. The summed E-state index contributed by atoms with van der Waals surface area (Å²) < 4.78 is 22.1. The van der Waals surface area contributed by atoms with E-state index in [0.717, 1.165) is 70.6 Å². The second kappa shape index (κ2) is 36.3. The summed E-state index contributed by atoms with van der Waals surface area (Å²) >= 11 is 0. The van der Waals surface area contributed by atoms with Crippen molar-refractivity contribution in [3.05, 3.63) is 36.5 Å². The van der Waals surface area contributed by atoms with Gasteiger partial charge in [-0.25, -0.2) is 0 Å². The number of esters is 2. The molecule has 4 N–H and O–H groups in total. The molecule has 1 fully saturated rings. The van der Waals surface area contributed by atoms with Crippen molar-refractivity contribution in [2.45, 2.75) is 218 Å². The van der Waals surface area contributed by atoms with Gasteiger partial charge in [-0.3, -0.25) is 9.59 Å². The van der Waals surface area contributed by atoms with Crippen molar-refractivity contribution in [3.8, 4) is 0 Å². The van der Waals surface area contributed by atoms with Gasteiger partial charge >= 0.3 is 11.9 Å². The SMILES string of the molecule is CCCC/C=C/CCCCCCCC(=O)OC[C@H](CO[C@@H]1O[C@H](CO)[C@H](O)C(O)C1O)OC(=O)CCCCCCCCCCC/C=C/C/C=C/CCCCC. The Balaban J connectivity index is 2.32. The summed E-state index contributed by atoms with van der Waals surface area (Å²) in [5.41, 5.74) is 0. The Hall–Kier alpha value is -2.08. The van der Waals surface area contributed by atoms with Crippen molar-refractivity contribution < 1.29 is 49.0 Å². The summed E-state index contributed by atoms with van der Waals surface area (Å²) in [6, 6.07) is 0. The third-order valence-electron chi connectivity index (χ3n) is 10.00. The lowest BCUT2D eigenvalue weighted by Crippen LogP contribution is -2.59. The second-order valence-corrected chi connectivity index (χ2v) is 15.1. The summed E-state index contributed by atoms with van der Waals surface area (Å²) in [6.45, 7) is 3.34. The lowest BCUT2D eigenvalue weighted by Gasteiger charge is -2.39. The Labute approximate surface area is 334 Å². The molecule has 0 aromatic carbocycles. The number of rotatable bonds is 36. The van der Waals surface area contributed by atoms with E-state index in [4.69, 9.17) is 18.9 Å². The zero-order valence-electron chi connectivity index (χ0n) is 34.7. The minimum atomic E-state index is -1.60. The molecule has 0 radical (unpaired) electrons. The molecule has 55 heavy (non-hydrogen) atoms. The van der Waals surface area contributed by atoms with E-state index >= 15 is 0 Å². The van der Waals surface area contributed by atoms with Crippen molar-refractivity contribution in [1.82, 2.24) is 0 Å². The highest BCUT2D eigenvalue weighted by Crippen LogP contribution is 2.22. The van der Waals surface area contributed by atoms with Crippen LogP contribution in [-0.4, -0.2) is 89.0 Å². The number of aliphatic hydroxyl groups is 4. The van der Waals surface area contributed by atoms with Gasteiger partial charge in [-0.2, -0.15) is 0 Å². The molecule has 0 aliphatic carbocycles. The van der Waals surface area contributed by atoms with Gasteiger partial charge in [0.15, 0.2) is 12.4 Å². The molecule has 320 valence electrons. The van der Waals surface area contributed by atoms with Crippen LogP contribution in [0.5, 0.6) is 0 Å². The molecule has 10 nitrogen and oxygen atoms in total. The van der Waals surface area contributed by atoms with Gasteiger partial charge in [0, 0.05) is 12.8 Å². The third kappa shape index (κ3) is 28.0. The lowest BCUT2D eigenvalue weighted by molar-refractivity contribution is -0.305. The number of hydrogen-bond acceptors (Lipinski definition) is 10. The molecule has 6 atom stereocenters. The second-order valence-electron chi connectivity index (χ2n) is 15.1. The summed E-state index contributed by atoms with van der Waals surface area (Å²) in [7, 11) is 0. The lowest BCUT2D eigenvalue weighted by atomic mass is 9.99. The fraction of sp³-hybridized carbons (Fsp3) is 0.822. The molecule has 10 heteroatoms. The van der Waals surface area contributed by atoms with Crippen LogP contribution in [0.15, 0.2) is 36.5 Å². The molecule has 1 heterocycles. The van der Waals surface area contributed by atoms with Crippen LogP contribution in [0.25, 0.3) is 0 Å². The minimum Gasteiger partial charge on any atom is -0.462 e. The summed E-state index contributed by atoms with van der Waals surface area (Å²) in [4.78, 5) is 25.3. The van der Waals surface area contributed by atoms with Crippen LogP contribution >= 0.6 is 0 Å². The number of allylic oxidation sites excluding steroid dienone is 6. The Morgan fingerprint density at radius 2 is 1.04 bits per heavy atom. The van der Waals surface area contributed by atoms with E-state index in [9.17, 15) is 30.0 Å². The standard InChI is InChI=1S/C45H80O10/c1-3-5-7-9-11-13-15-16-17-18-19-20-21-22-24-26-28-30-32-34-41(48)54-38(37-53-45-44(51)43(50)42(49)39(35-46)55-45)36-52-40(47)33-31-29-27-25-23-14-12-10-8-6-4-2/h10-13,16-17,38-39,42-46,49-51H,3-9,14-15,18-37H2,1-2H3/b12-10+,13-11+,17-16+/t38-,39-,42+,43?,44?,45-/m1/s1. The number of hydrogen-bond donors (Lipinski definition) is 4.